The molecule has 0 aromatic carbocycles. The second kappa shape index (κ2) is 4.41. The Morgan fingerprint density at radius 2 is 2.17 bits per heavy atom. The van der Waals surface area contributed by atoms with Crippen molar-refractivity contribution >= 4 is 21.6 Å². The van der Waals surface area contributed by atoms with E-state index in [9.17, 15) is 8.42 Å². The van der Waals surface area contributed by atoms with Crippen molar-refractivity contribution < 1.29 is 13.2 Å². The lowest BCUT2D eigenvalue weighted by molar-refractivity contribution is 0.00483. The predicted molar refractivity (Wildman–Crippen MR) is 46.9 cm³/mol. The topological polar surface area (TPSA) is 55.4 Å². The van der Waals surface area contributed by atoms with Crippen LogP contribution in [0.5, 0.6) is 0 Å². The lowest BCUT2D eigenvalue weighted by atomic mass is 10.3. The van der Waals surface area contributed by atoms with Gasteiger partial charge in [0.15, 0.2) is 0 Å². The van der Waals surface area contributed by atoms with E-state index in [0.717, 1.165) is 0 Å². The zero-order chi connectivity index (χ0) is 9.03. The van der Waals surface area contributed by atoms with Gasteiger partial charge in [0.2, 0.25) is 10.0 Å². The van der Waals surface area contributed by atoms with Crippen LogP contribution >= 0.6 is 11.6 Å². The van der Waals surface area contributed by atoms with Gasteiger partial charge in [-0.1, -0.05) is 0 Å². The lowest BCUT2D eigenvalue weighted by Gasteiger charge is -2.26. The number of hydrogen-bond acceptors (Lipinski definition) is 3. The monoisotopic (exact) mass is 213 g/mol. The summed E-state index contributed by atoms with van der Waals surface area (Å²) in [5.74, 6) is 0.481. The van der Waals surface area contributed by atoms with E-state index in [1.54, 1.807) is 0 Å². The molecular weight excluding hydrogens is 202 g/mol. The number of rotatable bonds is 5. The number of nitrogens with one attached hydrogen (secondary N) is 1. The van der Waals surface area contributed by atoms with Crippen molar-refractivity contribution in [1.29, 1.82) is 0 Å². The van der Waals surface area contributed by atoms with Gasteiger partial charge < -0.3 is 4.74 Å². The Kier molecular flexibility index (Phi) is 3.77. The summed E-state index contributed by atoms with van der Waals surface area (Å²) in [4.78, 5) is 0. The fourth-order valence-corrected chi connectivity index (χ4v) is 2.44. The number of alkyl halides is 1. The standard InChI is InChI=1S/C6H12ClNO3S/c7-2-1-3-12(9,10)8-6-4-11-5-6/h6,8H,1-5H2. The highest BCUT2D eigenvalue weighted by molar-refractivity contribution is 7.89. The van der Waals surface area contributed by atoms with Gasteiger partial charge >= 0.3 is 0 Å². The van der Waals surface area contributed by atoms with Crippen molar-refractivity contribution in [3.05, 3.63) is 0 Å². The Balaban J connectivity index is 2.27. The van der Waals surface area contributed by atoms with E-state index in [-0.39, 0.29) is 11.8 Å². The van der Waals surface area contributed by atoms with Crippen molar-refractivity contribution in [2.75, 3.05) is 24.8 Å². The van der Waals surface area contributed by atoms with E-state index >= 15 is 0 Å². The second-order valence-electron chi connectivity index (χ2n) is 2.71. The Hall–Kier alpha value is 0.160. The molecule has 0 spiro atoms. The van der Waals surface area contributed by atoms with Crippen LogP contribution in [0.25, 0.3) is 0 Å². The van der Waals surface area contributed by atoms with Gasteiger partial charge in [-0.25, -0.2) is 13.1 Å². The molecule has 1 fully saturated rings. The van der Waals surface area contributed by atoms with Gasteiger partial charge in [0.05, 0.1) is 25.0 Å². The Morgan fingerprint density at radius 3 is 2.58 bits per heavy atom. The van der Waals surface area contributed by atoms with E-state index < -0.39 is 10.0 Å². The van der Waals surface area contributed by atoms with Crippen LogP contribution in [0.15, 0.2) is 0 Å². The molecule has 1 heterocycles. The summed E-state index contributed by atoms with van der Waals surface area (Å²) in [7, 11) is -3.12. The van der Waals surface area contributed by atoms with Gasteiger partial charge in [0.25, 0.3) is 0 Å². The Bertz CT molecular complexity index is 225. The molecule has 0 amide bonds. The van der Waals surface area contributed by atoms with Crippen LogP contribution in [-0.4, -0.2) is 39.3 Å². The molecule has 0 aromatic rings. The van der Waals surface area contributed by atoms with Gasteiger partial charge in [0.1, 0.15) is 0 Å². The summed E-state index contributed by atoms with van der Waals surface area (Å²) >= 11 is 5.38. The molecule has 1 rings (SSSR count). The summed E-state index contributed by atoms with van der Waals surface area (Å²) in [6.07, 6.45) is 0.491. The fourth-order valence-electron chi connectivity index (χ4n) is 0.861. The van der Waals surface area contributed by atoms with Gasteiger partial charge in [-0.05, 0) is 6.42 Å². The highest BCUT2D eigenvalue weighted by Crippen LogP contribution is 2.02. The molecule has 12 heavy (non-hydrogen) atoms. The fraction of sp³-hybridized carbons (Fsp3) is 1.00. The predicted octanol–water partition coefficient (Wildman–Crippen LogP) is -0.0665. The minimum Gasteiger partial charge on any atom is -0.378 e. The zero-order valence-electron chi connectivity index (χ0n) is 6.62. The summed E-state index contributed by atoms with van der Waals surface area (Å²) in [6.45, 7) is 0.972. The molecule has 0 atom stereocenters. The third-order valence-electron chi connectivity index (χ3n) is 1.53. The molecule has 0 aromatic heterocycles. The number of sulfonamides is 1. The molecule has 1 aliphatic heterocycles. The molecule has 0 saturated carbocycles. The highest BCUT2D eigenvalue weighted by atomic mass is 35.5. The largest absolute Gasteiger partial charge is 0.378 e. The minimum absolute atomic E-state index is 0.0228. The highest BCUT2D eigenvalue weighted by Gasteiger charge is 2.23. The van der Waals surface area contributed by atoms with Crippen LogP contribution in [0, 0.1) is 0 Å². The van der Waals surface area contributed by atoms with Gasteiger partial charge in [-0.2, -0.15) is 0 Å². The molecule has 0 bridgehead atoms. The van der Waals surface area contributed by atoms with Crippen LogP contribution in [0.3, 0.4) is 0 Å². The average molecular weight is 214 g/mol. The molecule has 0 aliphatic carbocycles. The molecular formula is C6H12ClNO3S. The smallest absolute Gasteiger partial charge is 0.212 e. The van der Waals surface area contributed by atoms with Crippen molar-refractivity contribution in [1.82, 2.24) is 4.72 Å². The minimum atomic E-state index is -3.12. The Labute approximate surface area is 77.3 Å². The van der Waals surface area contributed by atoms with E-state index in [4.69, 9.17) is 16.3 Å². The number of hydrogen-bond donors (Lipinski definition) is 1. The molecule has 1 N–H and O–H groups in total. The van der Waals surface area contributed by atoms with Gasteiger partial charge in [-0.15, -0.1) is 11.6 Å². The summed E-state index contributed by atoms with van der Waals surface area (Å²) in [5.41, 5.74) is 0. The quantitative estimate of drug-likeness (QED) is 0.651. The second-order valence-corrected chi connectivity index (χ2v) is 4.97. The van der Waals surface area contributed by atoms with Crippen molar-refractivity contribution in [3.8, 4) is 0 Å². The van der Waals surface area contributed by atoms with Crippen LogP contribution in [0.1, 0.15) is 6.42 Å². The summed E-state index contributed by atoms with van der Waals surface area (Å²) in [5, 5.41) is 0. The maximum atomic E-state index is 11.2. The van der Waals surface area contributed by atoms with E-state index in [2.05, 4.69) is 4.72 Å². The Morgan fingerprint density at radius 1 is 1.50 bits per heavy atom. The van der Waals surface area contributed by atoms with Crippen molar-refractivity contribution in [2.24, 2.45) is 0 Å². The maximum absolute atomic E-state index is 11.2. The molecule has 1 aliphatic rings. The average Bonchev–Trinajstić information content (AvgIpc) is 1.94. The lowest BCUT2D eigenvalue weighted by Crippen LogP contribution is -2.49. The first-order valence-electron chi connectivity index (χ1n) is 3.78. The van der Waals surface area contributed by atoms with Crippen molar-refractivity contribution in [2.45, 2.75) is 12.5 Å². The summed E-state index contributed by atoms with van der Waals surface area (Å²) in [6, 6.07) is -0.0228. The molecule has 1 saturated heterocycles. The van der Waals surface area contributed by atoms with Gasteiger partial charge in [0, 0.05) is 5.88 Å². The van der Waals surface area contributed by atoms with Crippen LogP contribution < -0.4 is 4.72 Å². The normalized spacial score (nSPS) is 19.1. The van der Waals surface area contributed by atoms with Crippen LogP contribution in [0.4, 0.5) is 0 Å². The molecule has 0 unspecified atom stereocenters. The number of halogens is 1. The first kappa shape index (κ1) is 10.2. The van der Waals surface area contributed by atoms with E-state index in [0.29, 0.717) is 25.5 Å². The van der Waals surface area contributed by atoms with E-state index in [1.165, 1.54) is 0 Å². The first-order chi connectivity index (χ1) is 5.64. The first-order valence-corrected chi connectivity index (χ1v) is 5.96. The van der Waals surface area contributed by atoms with Crippen LogP contribution in [-0.2, 0) is 14.8 Å². The van der Waals surface area contributed by atoms with Crippen molar-refractivity contribution in [3.63, 3.8) is 0 Å². The van der Waals surface area contributed by atoms with E-state index in [1.807, 2.05) is 0 Å². The molecule has 72 valence electrons. The summed E-state index contributed by atoms with van der Waals surface area (Å²) < 4.78 is 29.7. The molecule has 6 heteroatoms. The third kappa shape index (κ3) is 3.26. The zero-order valence-corrected chi connectivity index (χ0v) is 8.20. The molecule has 4 nitrogen and oxygen atoms in total. The molecule has 0 radical (unpaired) electrons. The SMILES string of the molecule is O=S(=O)(CCCCl)NC1COC1. The number of ether oxygens (including phenoxy) is 1. The van der Waals surface area contributed by atoms with Crippen LogP contribution in [0.2, 0.25) is 0 Å². The maximum Gasteiger partial charge on any atom is 0.212 e. The third-order valence-corrected chi connectivity index (χ3v) is 3.32. The van der Waals surface area contributed by atoms with Gasteiger partial charge in [-0.3, -0.25) is 0 Å².